The Balaban J connectivity index is 0.00000210. The first-order chi connectivity index (χ1) is 13.2. The Bertz CT molecular complexity index is 597. The van der Waals surface area contributed by atoms with Gasteiger partial charge in [0.2, 0.25) is 5.91 Å². The molecule has 2 fully saturated rings. The fourth-order valence-electron chi connectivity index (χ4n) is 3.41. The third-order valence-corrected chi connectivity index (χ3v) is 5.13. The Labute approximate surface area is 185 Å². The van der Waals surface area contributed by atoms with Gasteiger partial charge in [-0.1, -0.05) is 12.1 Å². The van der Waals surface area contributed by atoms with Crippen LogP contribution in [-0.4, -0.2) is 76.1 Å². The van der Waals surface area contributed by atoms with Crippen LogP contribution in [0.5, 0.6) is 5.75 Å². The maximum atomic E-state index is 12.2. The number of rotatable bonds is 8. The van der Waals surface area contributed by atoms with Crippen LogP contribution in [0.2, 0.25) is 0 Å². The summed E-state index contributed by atoms with van der Waals surface area (Å²) in [4.78, 5) is 14.5. The van der Waals surface area contributed by atoms with Crippen LogP contribution in [0.1, 0.15) is 18.4 Å². The van der Waals surface area contributed by atoms with Crippen LogP contribution in [0, 0.1) is 0 Å². The van der Waals surface area contributed by atoms with E-state index >= 15 is 0 Å². The first-order valence-electron chi connectivity index (χ1n) is 9.81. The molecule has 0 saturated carbocycles. The van der Waals surface area contributed by atoms with Gasteiger partial charge in [-0.15, -0.1) is 24.8 Å². The number of nitrogens with one attached hydrogen (secondary N) is 2. The Hall–Kier alpha value is -1.09. The molecule has 0 spiro atoms. The summed E-state index contributed by atoms with van der Waals surface area (Å²) in [6.45, 7) is 5.52. The first kappa shape index (κ1) is 25.9. The van der Waals surface area contributed by atoms with Gasteiger partial charge in [0.25, 0.3) is 0 Å². The second-order valence-corrected chi connectivity index (χ2v) is 7.12. The predicted molar refractivity (Wildman–Crippen MR) is 117 cm³/mol. The van der Waals surface area contributed by atoms with E-state index in [0.717, 1.165) is 43.9 Å². The molecule has 1 atom stereocenters. The number of likely N-dealkylation sites (N-methyl/N-ethyl adjacent to an activating group) is 1. The summed E-state index contributed by atoms with van der Waals surface area (Å²) < 4.78 is 16.7. The van der Waals surface area contributed by atoms with Crippen LogP contribution in [0.4, 0.5) is 0 Å². The van der Waals surface area contributed by atoms with E-state index < -0.39 is 0 Å². The van der Waals surface area contributed by atoms with E-state index in [-0.39, 0.29) is 36.8 Å². The number of nitrogens with zero attached hydrogens (tertiary/aromatic N) is 1. The molecule has 1 aromatic carbocycles. The maximum absolute atomic E-state index is 12.2. The van der Waals surface area contributed by atoms with Crippen LogP contribution >= 0.6 is 24.8 Å². The van der Waals surface area contributed by atoms with Crippen molar-refractivity contribution in [2.75, 3.05) is 53.2 Å². The summed E-state index contributed by atoms with van der Waals surface area (Å²) >= 11 is 0. The number of ether oxygens (including phenoxy) is 3. The van der Waals surface area contributed by atoms with Crippen LogP contribution in [-0.2, 0) is 20.8 Å². The molecule has 166 valence electrons. The number of carbonyl (C=O) groups excluding carboxylic acids is 1. The number of carbonyl (C=O) groups is 1. The average Bonchev–Trinajstić information content (AvgIpc) is 2.73. The lowest BCUT2D eigenvalue weighted by Gasteiger charge is -2.31. The van der Waals surface area contributed by atoms with Crippen LogP contribution in [0.15, 0.2) is 24.3 Å². The molecule has 0 bridgehead atoms. The van der Waals surface area contributed by atoms with Crippen molar-refractivity contribution in [3.05, 3.63) is 29.8 Å². The van der Waals surface area contributed by atoms with E-state index in [2.05, 4.69) is 22.6 Å². The zero-order valence-corrected chi connectivity index (χ0v) is 18.6. The highest BCUT2D eigenvalue weighted by Crippen LogP contribution is 2.15. The van der Waals surface area contributed by atoms with Crippen LogP contribution < -0.4 is 15.4 Å². The minimum atomic E-state index is -0.265. The lowest BCUT2D eigenvalue weighted by molar-refractivity contribution is -0.126. The normalized spacial score (nSPS) is 19.7. The van der Waals surface area contributed by atoms with Crippen LogP contribution in [0.25, 0.3) is 0 Å². The fourth-order valence-corrected chi connectivity index (χ4v) is 3.41. The van der Waals surface area contributed by atoms with E-state index in [0.29, 0.717) is 39.0 Å². The summed E-state index contributed by atoms with van der Waals surface area (Å²) in [5.74, 6) is 0.806. The van der Waals surface area contributed by atoms with Gasteiger partial charge < -0.3 is 24.8 Å². The summed E-state index contributed by atoms with van der Waals surface area (Å²) in [5, 5.41) is 6.11. The molecule has 2 aliphatic heterocycles. The SMILES string of the molecule is CN(CCOc1cccc(CNC(=O)C2COCCN2)c1)C1CCOCC1.Cl.Cl. The number of amides is 1. The van der Waals surface area contributed by atoms with E-state index in [1.54, 1.807) is 0 Å². The molecule has 0 aliphatic carbocycles. The quantitative estimate of drug-likeness (QED) is 0.628. The van der Waals surface area contributed by atoms with Crippen molar-refractivity contribution < 1.29 is 19.0 Å². The molecular weight excluding hydrogens is 417 g/mol. The third-order valence-electron chi connectivity index (χ3n) is 5.13. The van der Waals surface area contributed by atoms with Crippen molar-refractivity contribution in [2.24, 2.45) is 0 Å². The molecule has 2 heterocycles. The van der Waals surface area contributed by atoms with E-state index in [1.165, 1.54) is 0 Å². The Morgan fingerprint density at radius 2 is 2.03 bits per heavy atom. The number of halogens is 2. The molecule has 7 nitrogen and oxygen atoms in total. The summed E-state index contributed by atoms with van der Waals surface area (Å²) in [6.07, 6.45) is 2.18. The highest BCUT2D eigenvalue weighted by Gasteiger charge is 2.20. The summed E-state index contributed by atoms with van der Waals surface area (Å²) in [5.41, 5.74) is 1.02. The lowest BCUT2D eigenvalue weighted by atomic mass is 10.1. The van der Waals surface area contributed by atoms with Crippen molar-refractivity contribution in [3.63, 3.8) is 0 Å². The van der Waals surface area contributed by atoms with Gasteiger partial charge in [-0.2, -0.15) is 0 Å². The second kappa shape index (κ2) is 14.0. The van der Waals surface area contributed by atoms with Gasteiger partial charge in [0, 0.05) is 38.9 Å². The fraction of sp³-hybridized carbons (Fsp3) is 0.650. The molecule has 29 heavy (non-hydrogen) atoms. The number of hydrogen-bond donors (Lipinski definition) is 2. The monoisotopic (exact) mass is 449 g/mol. The van der Waals surface area contributed by atoms with Gasteiger partial charge in [0.05, 0.1) is 13.2 Å². The topological polar surface area (TPSA) is 72.1 Å². The molecule has 2 N–H and O–H groups in total. The van der Waals surface area contributed by atoms with E-state index in [1.807, 2.05) is 24.3 Å². The molecule has 1 unspecified atom stereocenters. The van der Waals surface area contributed by atoms with Gasteiger partial charge in [0.1, 0.15) is 18.4 Å². The Morgan fingerprint density at radius 3 is 2.76 bits per heavy atom. The number of morpholine rings is 1. The molecule has 3 rings (SSSR count). The smallest absolute Gasteiger partial charge is 0.239 e. The van der Waals surface area contributed by atoms with Crippen molar-refractivity contribution in [1.29, 1.82) is 0 Å². The minimum Gasteiger partial charge on any atom is -0.492 e. The molecular formula is C20H33Cl2N3O4. The van der Waals surface area contributed by atoms with Gasteiger partial charge in [-0.3, -0.25) is 9.69 Å². The number of hydrogen-bond acceptors (Lipinski definition) is 6. The largest absolute Gasteiger partial charge is 0.492 e. The standard InChI is InChI=1S/C20H31N3O4.2ClH/c1-23(17-5-9-25-10-6-17)8-12-27-18-4-2-3-16(13-18)14-22-20(24)19-15-26-11-7-21-19;;/h2-4,13,17,19,21H,5-12,14-15H2,1H3,(H,22,24);2*1H. The molecule has 0 aromatic heterocycles. The summed E-state index contributed by atoms with van der Waals surface area (Å²) in [7, 11) is 2.15. The molecule has 2 aliphatic rings. The zero-order chi connectivity index (χ0) is 18.9. The Morgan fingerprint density at radius 1 is 1.24 bits per heavy atom. The molecule has 1 amide bonds. The van der Waals surface area contributed by atoms with Crippen molar-refractivity contribution >= 4 is 30.7 Å². The third kappa shape index (κ3) is 8.66. The minimum absolute atomic E-state index is 0. The highest BCUT2D eigenvalue weighted by atomic mass is 35.5. The van der Waals surface area contributed by atoms with Crippen molar-refractivity contribution in [3.8, 4) is 5.75 Å². The zero-order valence-electron chi connectivity index (χ0n) is 16.9. The van der Waals surface area contributed by atoms with Crippen molar-refractivity contribution in [1.82, 2.24) is 15.5 Å². The molecule has 0 radical (unpaired) electrons. The van der Waals surface area contributed by atoms with Gasteiger partial charge in [-0.25, -0.2) is 0 Å². The second-order valence-electron chi connectivity index (χ2n) is 7.12. The van der Waals surface area contributed by atoms with Crippen molar-refractivity contribution in [2.45, 2.75) is 31.5 Å². The molecule has 2 saturated heterocycles. The van der Waals surface area contributed by atoms with Gasteiger partial charge in [0.15, 0.2) is 0 Å². The summed E-state index contributed by atoms with van der Waals surface area (Å²) in [6, 6.07) is 8.21. The maximum Gasteiger partial charge on any atom is 0.239 e. The first-order valence-corrected chi connectivity index (χ1v) is 9.81. The van der Waals surface area contributed by atoms with Gasteiger partial charge in [-0.05, 0) is 37.6 Å². The van der Waals surface area contributed by atoms with Crippen LogP contribution in [0.3, 0.4) is 0 Å². The predicted octanol–water partition coefficient (Wildman–Crippen LogP) is 1.62. The van der Waals surface area contributed by atoms with Gasteiger partial charge >= 0.3 is 0 Å². The molecule has 9 heteroatoms. The Kier molecular flexibility index (Phi) is 12.5. The molecule has 1 aromatic rings. The lowest BCUT2D eigenvalue weighted by Crippen LogP contribution is -2.51. The average molecular weight is 450 g/mol. The number of benzene rings is 1. The highest BCUT2D eigenvalue weighted by molar-refractivity contribution is 5.85. The van der Waals surface area contributed by atoms with E-state index in [4.69, 9.17) is 14.2 Å². The van der Waals surface area contributed by atoms with E-state index in [9.17, 15) is 4.79 Å².